The molecule has 36 heavy (non-hydrogen) atoms. The number of nitrogens with one attached hydrogen (secondary N) is 1. The van der Waals surface area contributed by atoms with Crippen molar-refractivity contribution in [1.29, 1.82) is 0 Å². The van der Waals surface area contributed by atoms with E-state index in [2.05, 4.69) is 85.5 Å². The summed E-state index contributed by atoms with van der Waals surface area (Å²) >= 11 is 5.90. The summed E-state index contributed by atoms with van der Waals surface area (Å²) in [7, 11) is 4.10. The van der Waals surface area contributed by atoms with Crippen LogP contribution in [0.5, 0.6) is 5.75 Å². The summed E-state index contributed by atoms with van der Waals surface area (Å²) in [5.74, 6) is 0.842. The highest BCUT2D eigenvalue weighted by molar-refractivity contribution is 7.80. The molecule has 3 heterocycles. The second kappa shape index (κ2) is 10.0. The highest BCUT2D eigenvalue weighted by Gasteiger charge is 2.42. The maximum Gasteiger partial charge on any atom is 0.174 e. The minimum absolute atomic E-state index is 0.104. The van der Waals surface area contributed by atoms with E-state index < -0.39 is 0 Å². The molecule has 0 amide bonds. The van der Waals surface area contributed by atoms with Gasteiger partial charge in [0, 0.05) is 49.2 Å². The van der Waals surface area contributed by atoms with Gasteiger partial charge in [0.25, 0.3) is 0 Å². The van der Waals surface area contributed by atoms with Gasteiger partial charge in [0.1, 0.15) is 11.8 Å². The second-order valence-electron chi connectivity index (χ2n) is 9.37. The van der Waals surface area contributed by atoms with E-state index in [1.807, 2.05) is 58.4 Å². The van der Waals surface area contributed by atoms with Crippen LogP contribution < -0.4 is 19.9 Å². The number of rotatable bonds is 7. The molecule has 7 heteroatoms. The van der Waals surface area contributed by atoms with Crippen molar-refractivity contribution < 1.29 is 4.74 Å². The molecule has 1 aliphatic rings. The maximum absolute atomic E-state index is 5.90. The number of thiocarbonyl (C=S) groups is 1. The minimum atomic E-state index is -0.111. The van der Waals surface area contributed by atoms with Gasteiger partial charge in [-0.05, 0) is 98.9 Å². The van der Waals surface area contributed by atoms with Crippen molar-refractivity contribution in [2.24, 2.45) is 0 Å². The van der Waals surface area contributed by atoms with Crippen LogP contribution in [0.25, 0.3) is 5.69 Å². The Balaban J connectivity index is 1.58. The molecule has 2 atom stereocenters. The lowest BCUT2D eigenvalue weighted by Crippen LogP contribution is -2.30. The molecule has 1 fully saturated rings. The topological polar surface area (TPSA) is 45.6 Å². The molecular weight excluding hydrogens is 466 g/mol. The van der Waals surface area contributed by atoms with Crippen LogP contribution in [0.15, 0.2) is 91.3 Å². The van der Waals surface area contributed by atoms with Crippen LogP contribution in [-0.2, 0) is 0 Å². The Morgan fingerprint density at radius 2 is 1.64 bits per heavy atom. The largest absolute Gasteiger partial charge is 0.491 e. The minimum Gasteiger partial charge on any atom is -0.491 e. The number of benzene rings is 2. The summed E-state index contributed by atoms with van der Waals surface area (Å²) in [4.78, 5) is 8.97. The zero-order valence-corrected chi connectivity index (χ0v) is 21.8. The van der Waals surface area contributed by atoms with Crippen LogP contribution in [0.4, 0.5) is 11.4 Å². The number of anilines is 2. The molecule has 1 N–H and O–H groups in total. The van der Waals surface area contributed by atoms with Gasteiger partial charge in [0.2, 0.25) is 0 Å². The highest BCUT2D eigenvalue weighted by atomic mass is 32.1. The Hall–Kier alpha value is -3.84. The summed E-state index contributed by atoms with van der Waals surface area (Å²) in [5.41, 5.74) is 5.33. The fourth-order valence-electron chi connectivity index (χ4n) is 4.67. The molecule has 2 aromatic carbocycles. The van der Waals surface area contributed by atoms with E-state index in [1.165, 1.54) is 0 Å². The molecule has 1 aliphatic heterocycles. The average Bonchev–Trinajstić information content (AvgIpc) is 3.49. The fourth-order valence-corrected chi connectivity index (χ4v) is 5.02. The van der Waals surface area contributed by atoms with Gasteiger partial charge < -0.3 is 24.4 Å². The van der Waals surface area contributed by atoms with Gasteiger partial charge in [-0.25, -0.2) is 0 Å². The van der Waals surface area contributed by atoms with Crippen LogP contribution in [0.2, 0.25) is 0 Å². The first-order valence-electron chi connectivity index (χ1n) is 12.1. The number of nitrogens with zero attached hydrogens (tertiary/aromatic N) is 4. The van der Waals surface area contributed by atoms with Crippen LogP contribution in [-0.4, -0.2) is 34.9 Å². The van der Waals surface area contributed by atoms with Crippen molar-refractivity contribution in [3.63, 3.8) is 0 Å². The van der Waals surface area contributed by atoms with Gasteiger partial charge in [-0.1, -0.05) is 6.07 Å². The zero-order valence-electron chi connectivity index (χ0n) is 21.0. The van der Waals surface area contributed by atoms with Crippen molar-refractivity contribution >= 4 is 28.7 Å². The van der Waals surface area contributed by atoms with E-state index in [9.17, 15) is 0 Å². The number of aromatic nitrogens is 2. The van der Waals surface area contributed by atoms with E-state index in [-0.39, 0.29) is 18.2 Å². The van der Waals surface area contributed by atoms with Crippen molar-refractivity contribution in [3.8, 4) is 11.4 Å². The molecule has 5 rings (SSSR count). The summed E-state index contributed by atoms with van der Waals surface area (Å²) in [5, 5.41) is 4.22. The number of hydrogen-bond acceptors (Lipinski definition) is 4. The zero-order chi connectivity index (χ0) is 25.2. The molecule has 4 aromatic rings. The third-order valence-electron chi connectivity index (χ3n) is 6.31. The second-order valence-corrected chi connectivity index (χ2v) is 9.76. The van der Waals surface area contributed by atoms with Crippen molar-refractivity contribution in [2.45, 2.75) is 32.0 Å². The summed E-state index contributed by atoms with van der Waals surface area (Å²) in [6, 6.07) is 26.8. The molecule has 6 nitrogen and oxygen atoms in total. The van der Waals surface area contributed by atoms with Gasteiger partial charge in [0.15, 0.2) is 5.11 Å². The monoisotopic (exact) mass is 497 g/mol. The summed E-state index contributed by atoms with van der Waals surface area (Å²) < 4.78 is 8.10. The van der Waals surface area contributed by atoms with E-state index in [1.54, 1.807) is 0 Å². The molecule has 0 radical (unpaired) electrons. The molecule has 0 aliphatic carbocycles. The first-order valence-corrected chi connectivity index (χ1v) is 12.6. The predicted octanol–water partition coefficient (Wildman–Crippen LogP) is 5.90. The van der Waals surface area contributed by atoms with E-state index >= 15 is 0 Å². The van der Waals surface area contributed by atoms with Crippen molar-refractivity contribution in [2.75, 3.05) is 23.9 Å². The van der Waals surface area contributed by atoms with Gasteiger partial charge in [-0.3, -0.25) is 4.98 Å². The fraction of sp³-hybridized carbons (Fsp3) is 0.241. The standard InChI is InChI=1S/C29H31N5OS/c1-20(2)35-24-16-14-23(15-17-24)34-28(27(31-29(34)36)25-8-5-6-18-30-25)26-9-7-19-33(26)22-12-10-21(11-13-22)32(3)4/h5-20,27-28H,1-4H3,(H,31,36)/t27-,28-/m1/s1. The number of hydrogen-bond donors (Lipinski definition) is 1. The quantitative estimate of drug-likeness (QED) is 0.321. The molecule has 184 valence electrons. The maximum atomic E-state index is 5.90. The smallest absolute Gasteiger partial charge is 0.174 e. The molecular formula is C29H31N5OS. The lowest BCUT2D eigenvalue weighted by atomic mass is 10.0. The van der Waals surface area contributed by atoms with Crippen molar-refractivity contribution in [3.05, 3.63) is 103 Å². The molecule has 0 spiro atoms. The van der Waals surface area contributed by atoms with E-state index in [4.69, 9.17) is 17.0 Å². The highest BCUT2D eigenvalue weighted by Crippen LogP contribution is 2.42. The van der Waals surface area contributed by atoms with E-state index in [0.29, 0.717) is 5.11 Å². The van der Waals surface area contributed by atoms with Crippen molar-refractivity contribution in [1.82, 2.24) is 14.9 Å². The Morgan fingerprint density at radius 3 is 2.28 bits per heavy atom. The Kier molecular flexibility index (Phi) is 6.65. The first-order chi connectivity index (χ1) is 17.4. The molecule has 0 saturated carbocycles. The van der Waals surface area contributed by atoms with Crippen LogP contribution >= 0.6 is 12.2 Å². The van der Waals surface area contributed by atoms with Crippen LogP contribution in [0.3, 0.4) is 0 Å². The number of pyridine rings is 1. The summed E-state index contributed by atoms with van der Waals surface area (Å²) in [6.07, 6.45) is 4.06. The summed E-state index contributed by atoms with van der Waals surface area (Å²) in [6.45, 7) is 4.06. The first kappa shape index (κ1) is 23.9. The number of ether oxygens (including phenoxy) is 1. The van der Waals surface area contributed by atoms with Gasteiger partial charge in [0.05, 0.1) is 17.8 Å². The lowest BCUT2D eigenvalue weighted by Gasteiger charge is -2.29. The van der Waals surface area contributed by atoms with Gasteiger partial charge >= 0.3 is 0 Å². The SMILES string of the molecule is CC(C)Oc1ccc(N2C(=S)N[C@H](c3ccccn3)[C@H]2c2cccn2-c2ccc(N(C)C)cc2)cc1. The molecule has 0 bridgehead atoms. The lowest BCUT2D eigenvalue weighted by molar-refractivity contribution is 0.242. The molecule has 1 saturated heterocycles. The Labute approximate surface area is 218 Å². The molecule has 2 aromatic heterocycles. The molecule has 0 unspecified atom stereocenters. The van der Waals surface area contributed by atoms with Crippen LogP contribution in [0, 0.1) is 0 Å². The van der Waals surface area contributed by atoms with Crippen LogP contribution in [0.1, 0.15) is 37.3 Å². The normalized spacial score (nSPS) is 17.4. The van der Waals surface area contributed by atoms with Gasteiger partial charge in [-0.2, -0.15) is 0 Å². The predicted molar refractivity (Wildman–Crippen MR) is 150 cm³/mol. The van der Waals surface area contributed by atoms with E-state index in [0.717, 1.165) is 34.2 Å². The third kappa shape index (κ3) is 4.66. The Morgan fingerprint density at radius 1 is 0.917 bits per heavy atom. The average molecular weight is 498 g/mol. The van der Waals surface area contributed by atoms with Gasteiger partial charge in [-0.15, -0.1) is 0 Å². The third-order valence-corrected chi connectivity index (χ3v) is 6.63. The Bertz CT molecular complexity index is 1320.